The average Bonchev–Trinajstić information content (AvgIpc) is 2.95. The second-order valence-electron chi connectivity index (χ2n) is 5.24. The Balaban J connectivity index is 2.13. The second-order valence-corrected chi connectivity index (χ2v) is 6.96. The summed E-state index contributed by atoms with van der Waals surface area (Å²) in [5.41, 5.74) is 1.58. The fourth-order valence-corrected chi connectivity index (χ4v) is 3.65. The average molecular weight is 294 g/mol. The number of hydrogen-bond acceptors (Lipinski definition) is 5. The number of thiophene rings is 1. The van der Waals surface area contributed by atoms with Gasteiger partial charge in [0.25, 0.3) is 0 Å². The van der Waals surface area contributed by atoms with E-state index in [1.165, 1.54) is 16.4 Å². The Hall–Kier alpha value is -1.20. The molecule has 0 radical (unpaired) electrons. The molecule has 2 aromatic heterocycles. The third-order valence-electron chi connectivity index (χ3n) is 3.09. The summed E-state index contributed by atoms with van der Waals surface area (Å²) in [5.74, 6) is 0.0719. The number of aryl methyl sites for hydroxylation is 1. The molecular weight excluding hydrogens is 276 g/mol. The number of ketones is 1. The standard InChI is InChI=1S/C14H18N2OS2/c1-9-12(10(2)17)13(19-16-9)15-8-14(3,4)11-6-5-7-18-11/h5-7,15H,8H2,1-4H3. The van der Waals surface area contributed by atoms with E-state index in [-0.39, 0.29) is 11.2 Å². The molecule has 0 aliphatic heterocycles. The molecule has 0 aliphatic rings. The van der Waals surface area contributed by atoms with E-state index in [9.17, 15) is 4.79 Å². The van der Waals surface area contributed by atoms with E-state index in [2.05, 4.69) is 41.1 Å². The van der Waals surface area contributed by atoms with Crippen LogP contribution in [0.5, 0.6) is 0 Å². The molecule has 102 valence electrons. The van der Waals surface area contributed by atoms with E-state index in [1.807, 2.05) is 6.92 Å². The smallest absolute Gasteiger partial charge is 0.164 e. The highest BCUT2D eigenvalue weighted by Crippen LogP contribution is 2.30. The van der Waals surface area contributed by atoms with Crippen molar-refractivity contribution in [2.45, 2.75) is 33.1 Å². The Morgan fingerprint density at radius 1 is 1.47 bits per heavy atom. The van der Waals surface area contributed by atoms with Gasteiger partial charge in [0.1, 0.15) is 5.00 Å². The van der Waals surface area contributed by atoms with Crippen molar-refractivity contribution in [1.29, 1.82) is 0 Å². The van der Waals surface area contributed by atoms with Crippen LogP contribution in [0, 0.1) is 6.92 Å². The van der Waals surface area contributed by atoms with Crippen molar-refractivity contribution in [3.63, 3.8) is 0 Å². The third-order valence-corrected chi connectivity index (χ3v) is 5.23. The van der Waals surface area contributed by atoms with E-state index >= 15 is 0 Å². The van der Waals surface area contributed by atoms with Crippen molar-refractivity contribution in [3.8, 4) is 0 Å². The number of anilines is 1. The van der Waals surface area contributed by atoms with Gasteiger partial charge in [-0.2, -0.15) is 4.37 Å². The van der Waals surface area contributed by atoms with Crippen LogP contribution in [0.25, 0.3) is 0 Å². The summed E-state index contributed by atoms with van der Waals surface area (Å²) < 4.78 is 4.26. The summed E-state index contributed by atoms with van der Waals surface area (Å²) in [6.07, 6.45) is 0. The zero-order chi connectivity index (χ0) is 14.0. The minimum Gasteiger partial charge on any atom is -0.374 e. The molecule has 0 amide bonds. The lowest BCUT2D eigenvalue weighted by atomic mass is 9.91. The van der Waals surface area contributed by atoms with Crippen LogP contribution in [-0.2, 0) is 5.41 Å². The molecule has 0 spiro atoms. The lowest BCUT2D eigenvalue weighted by Crippen LogP contribution is -2.26. The van der Waals surface area contributed by atoms with Crippen LogP contribution in [0.2, 0.25) is 0 Å². The van der Waals surface area contributed by atoms with Crippen molar-refractivity contribution < 1.29 is 4.79 Å². The Morgan fingerprint density at radius 3 is 2.79 bits per heavy atom. The summed E-state index contributed by atoms with van der Waals surface area (Å²) in [6.45, 7) is 8.66. The van der Waals surface area contributed by atoms with Gasteiger partial charge in [-0.25, -0.2) is 0 Å². The number of carbonyl (C=O) groups is 1. The molecule has 3 nitrogen and oxygen atoms in total. The first-order valence-electron chi connectivity index (χ1n) is 6.17. The van der Waals surface area contributed by atoms with Crippen LogP contribution in [0.15, 0.2) is 17.5 Å². The topological polar surface area (TPSA) is 42.0 Å². The third kappa shape index (κ3) is 3.04. The lowest BCUT2D eigenvalue weighted by Gasteiger charge is -2.24. The number of Topliss-reactive ketones (excluding diaryl/α,β-unsaturated/α-hetero) is 1. The number of hydrogen-bond donors (Lipinski definition) is 1. The van der Waals surface area contributed by atoms with Gasteiger partial charge in [-0.05, 0) is 36.8 Å². The molecule has 0 atom stereocenters. The van der Waals surface area contributed by atoms with Gasteiger partial charge in [-0.1, -0.05) is 19.9 Å². The maximum Gasteiger partial charge on any atom is 0.164 e. The summed E-state index contributed by atoms with van der Waals surface area (Å²) in [7, 11) is 0. The van der Waals surface area contributed by atoms with Crippen LogP contribution in [0.3, 0.4) is 0 Å². The normalized spacial score (nSPS) is 11.6. The van der Waals surface area contributed by atoms with Gasteiger partial charge in [0.15, 0.2) is 5.78 Å². The van der Waals surface area contributed by atoms with E-state index in [4.69, 9.17) is 0 Å². The Bertz CT molecular complexity index is 570. The minimum atomic E-state index is 0.0418. The van der Waals surface area contributed by atoms with E-state index < -0.39 is 0 Å². The minimum absolute atomic E-state index is 0.0418. The Labute approximate surface area is 121 Å². The molecule has 0 aromatic carbocycles. The predicted octanol–water partition coefficient (Wildman–Crippen LogP) is 4.11. The summed E-state index contributed by atoms with van der Waals surface area (Å²) in [6, 6.07) is 4.22. The first-order valence-corrected chi connectivity index (χ1v) is 7.82. The van der Waals surface area contributed by atoms with Gasteiger partial charge in [-0.3, -0.25) is 4.79 Å². The molecule has 0 aliphatic carbocycles. The largest absolute Gasteiger partial charge is 0.374 e. The van der Waals surface area contributed by atoms with Crippen LogP contribution >= 0.6 is 22.9 Å². The number of nitrogens with zero attached hydrogens (tertiary/aromatic N) is 1. The molecule has 5 heteroatoms. The van der Waals surface area contributed by atoms with Gasteiger partial charge in [0.05, 0.1) is 11.3 Å². The molecule has 0 saturated heterocycles. The Kier molecular flexibility index (Phi) is 4.06. The monoisotopic (exact) mass is 294 g/mol. The van der Waals surface area contributed by atoms with Crippen molar-refractivity contribution in [3.05, 3.63) is 33.6 Å². The van der Waals surface area contributed by atoms with Crippen LogP contribution < -0.4 is 5.32 Å². The molecule has 2 heterocycles. The van der Waals surface area contributed by atoms with Crippen molar-refractivity contribution >= 4 is 33.7 Å². The van der Waals surface area contributed by atoms with Crippen molar-refractivity contribution in [2.24, 2.45) is 0 Å². The number of carbonyl (C=O) groups excluding carboxylic acids is 1. The molecule has 0 saturated carbocycles. The number of nitrogens with one attached hydrogen (secondary N) is 1. The van der Waals surface area contributed by atoms with Crippen LogP contribution in [0.4, 0.5) is 5.00 Å². The zero-order valence-corrected chi connectivity index (χ0v) is 13.2. The molecule has 0 fully saturated rings. The van der Waals surface area contributed by atoms with Gasteiger partial charge in [0, 0.05) is 16.8 Å². The molecule has 1 N–H and O–H groups in total. The Morgan fingerprint density at radius 2 is 2.21 bits per heavy atom. The van der Waals surface area contributed by atoms with Gasteiger partial charge < -0.3 is 5.32 Å². The van der Waals surface area contributed by atoms with Crippen molar-refractivity contribution in [1.82, 2.24) is 4.37 Å². The van der Waals surface area contributed by atoms with Gasteiger partial charge in [-0.15, -0.1) is 11.3 Å². The maximum atomic E-state index is 11.6. The highest BCUT2D eigenvalue weighted by Gasteiger charge is 2.23. The second kappa shape index (κ2) is 5.43. The first kappa shape index (κ1) is 14.2. The zero-order valence-electron chi connectivity index (χ0n) is 11.6. The maximum absolute atomic E-state index is 11.6. The highest BCUT2D eigenvalue weighted by molar-refractivity contribution is 7.10. The number of rotatable bonds is 5. The predicted molar refractivity (Wildman–Crippen MR) is 82.7 cm³/mol. The summed E-state index contributed by atoms with van der Waals surface area (Å²) >= 11 is 3.13. The molecule has 19 heavy (non-hydrogen) atoms. The summed E-state index contributed by atoms with van der Waals surface area (Å²) in [5, 5.41) is 6.36. The fraction of sp³-hybridized carbons (Fsp3) is 0.429. The molecule has 0 unspecified atom stereocenters. The van der Waals surface area contributed by atoms with Crippen molar-refractivity contribution in [2.75, 3.05) is 11.9 Å². The van der Waals surface area contributed by atoms with Crippen LogP contribution in [-0.4, -0.2) is 16.7 Å². The fourth-order valence-electron chi connectivity index (χ4n) is 1.96. The highest BCUT2D eigenvalue weighted by atomic mass is 32.1. The number of aromatic nitrogens is 1. The van der Waals surface area contributed by atoms with E-state index in [0.717, 1.165) is 22.8 Å². The quantitative estimate of drug-likeness (QED) is 0.844. The molecular formula is C14H18N2OS2. The molecule has 2 aromatic rings. The molecule has 2 rings (SSSR count). The lowest BCUT2D eigenvalue weighted by molar-refractivity contribution is 0.101. The van der Waals surface area contributed by atoms with Gasteiger partial charge >= 0.3 is 0 Å². The van der Waals surface area contributed by atoms with Crippen LogP contribution in [0.1, 0.15) is 41.7 Å². The SMILES string of the molecule is CC(=O)c1c(C)nsc1NCC(C)(C)c1cccs1. The molecule has 0 bridgehead atoms. The van der Waals surface area contributed by atoms with Gasteiger partial charge in [0.2, 0.25) is 0 Å². The summed E-state index contributed by atoms with van der Waals surface area (Å²) in [4.78, 5) is 13.0. The first-order chi connectivity index (χ1) is 8.92. The van der Waals surface area contributed by atoms with E-state index in [1.54, 1.807) is 18.3 Å². The van der Waals surface area contributed by atoms with E-state index in [0.29, 0.717) is 0 Å².